The summed E-state index contributed by atoms with van der Waals surface area (Å²) < 4.78 is 68.7. The van der Waals surface area contributed by atoms with Crippen LogP contribution in [0.4, 0.5) is 4.39 Å². The van der Waals surface area contributed by atoms with Crippen molar-refractivity contribution in [1.82, 2.24) is 7.84 Å². The van der Waals surface area contributed by atoms with E-state index < -0.39 is 31.9 Å². The Labute approximate surface area is 192 Å². The minimum absolute atomic E-state index is 0.00162. The summed E-state index contributed by atoms with van der Waals surface area (Å²) in [6.45, 7) is 3.73. The van der Waals surface area contributed by atoms with Gasteiger partial charge in [-0.3, -0.25) is 0 Å². The minimum atomic E-state index is -4.12. The van der Waals surface area contributed by atoms with E-state index in [-0.39, 0.29) is 16.2 Å². The first-order valence-electron chi connectivity index (χ1n) is 9.44. The number of hydrogen-bond donors (Lipinski definition) is 1. The molecule has 0 fully saturated rings. The molecule has 0 heterocycles. The summed E-state index contributed by atoms with van der Waals surface area (Å²) in [6, 6.07) is 20.1. The molecular weight excluding hydrogens is 471 g/mol. The van der Waals surface area contributed by atoms with Gasteiger partial charge in [-0.1, -0.05) is 54.6 Å². The standard InChI is InChI=1S/C22H21FN2O4S3/c1-2-20(17-18-13-15-19(23)16-14-18)25(32(28,29)22-11-7-4-8-12-22)30-24-31(26,27)21-9-5-3-6-10-21/h2-16,20,24H,1,17H2/t20-/m1/s1. The summed E-state index contributed by atoms with van der Waals surface area (Å²) in [4.78, 5) is -0.00406. The highest BCUT2D eigenvalue weighted by atomic mass is 32.3. The molecule has 0 spiro atoms. The number of halogens is 1. The third kappa shape index (κ3) is 5.84. The number of hydrogen-bond acceptors (Lipinski definition) is 5. The first-order valence-corrected chi connectivity index (χ1v) is 13.1. The van der Waals surface area contributed by atoms with Crippen molar-refractivity contribution in [2.45, 2.75) is 22.3 Å². The van der Waals surface area contributed by atoms with Crippen LogP contribution in [0.15, 0.2) is 107 Å². The van der Waals surface area contributed by atoms with Crippen LogP contribution in [-0.2, 0) is 26.5 Å². The van der Waals surface area contributed by atoms with Crippen LogP contribution in [0.2, 0.25) is 0 Å². The molecule has 1 atom stereocenters. The van der Waals surface area contributed by atoms with E-state index in [2.05, 4.69) is 10.7 Å². The van der Waals surface area contributed by atoms with Crippen molar-refractivity contribution >= 4 is 32.2 Å². The van der Waals surface area contributed by atoms with E-state index in [1.54, 1.807) is 36.4 Å². The zero-order chi connectivity index (χ0) is 23.2. The lowest BCUT2D eigenvalue weighted by Gasteiger charge is -2.27. The average Bonchev–Trinajstić information content (AvgIpc) is 2.80. The second-order valence-electron chi connectivity index (χ2n) is 6.70. The van der Waals surface area contributed by atoms with E-state index in [1.165, 1.54) is 54.6 Å². The van der Waals surface area contributed by atoms with Crippen LogP contribution in [-0.4, -0.2) is 26.6 Å². The molecule has 3 rings (SSSR count). The summed E-state index contributed by atoms with van der Waals surface area (Å²) >= 11 is 0.442. The molecule has 6 nitrogen and oxygen atoms in total. The van der Waals surface area contributed by atoms with Gasteiger partial charge in [0.15, 0.2) is 0 Å². The molecule has 32 heavy (non-hydrogen) atoms. The normalized spacial score (nSPS) is 13.1. The van der Waals surface area contributed by atoms with E-state index in [4.69, 9.17) is 0 Å². The highest BCUT2D eigenvalue weighted by Crippen LogP contribution is 2.28. The molecule has 3 aromatic rings. The van der Waals surface area contributed by atoms with Crippen LogP contribution >= 0.6 is 12.1 Å². The number of nitrogens with zero attached hydrogens (tertiary/aromatic N) is 1. The van der Waals surface area contributed by atoms with Crippen LogP contribution < -0.4 is 4.13 Å². The van der Waals surface area contributed by atoms with Crippen molar-refractivity contribution in [2.24, 2.45) is 0 Å². The number of benzene rings is 3. The largest absolute Gasteiger partial charge is 0.253 e. The number of rotatable bonds is 10. The molecule has 0 saturated carbocycles. The Kier molecular flexibility index (Phi) is 7.86. The van der Waals surface area contributed by atoms with E-state index in [0.29, 0.717) is 17.7 Å². The van der Waals surface area contributed by atoms with Gasteiger partial charge in [0.25, 0.3) is 20.0 Å². The van der Waals surface area contributed by atoms with Gasteiger partial charge < -0.3 is 0 Å². The Morgan fingerprint density at radius 1 is 0.875 bits per heavy atom. The van der Waals surface area contributed by atoms with Crippen LogP contribution in [0, 0.1) is 5.82 Å². The van der Waals surface area contributed by atoms with Crippen LogP contribution in [0.5, 0.6) is 0 Å². The Bertz CT molecular complexity index is 1250. The summed E-state index contributed by atoms with van der Waals surface area (Å²) in [5, 5.41) is 0. The third-order valence-corrected chi connectivity index (χ3v) is 9.41. The van der Waals surface area contributed by atoms with Crippen molar-refractivity contribution < 1.29 is 21.2 Å². The average molecular weight is 493 g/mol. The van der Waals surface area contributed by atoms with Crippen LogP contribution in [0.25, 0.3) is 0 Å². The Morgan fingerprint density at radius 3 is 1.94 bits per heavy atom. The molecule has 0 unspecified atom stereocenters. The first-order chi connectivity index (χ1) is 15.2. The van der Waals surface area contributed by atoms with E-state index in [0.717, 1.165) is 3.71 Å². The lowest BCUT2D eigenvalue weighted by molar-refractivity contribution is 0.503. The maximum Gasteiger partial charge on any atom is 0.253 e. The number of nitrogens with one attached hydrogen (secondary N) is 1. The maximum absolute atomic E-state index is 13.4. The monoisotopic (exact) mass is 492 g/mol. The summed E-state index contributed by atoms with van der Waals surface area (Å²) in [6.07, 6.45) is 1.57. The number of sulfonamides is 2. The molecule has 168 valence electrons. The highest BCUT2D eigenvalue weighted by Gasteiger charge is 2.33. The van der Waals surface area contributed by atoms with Gasteiger partial charge in [0.05, 0.1) is 15.8 Å². The van der Waals surface area contributed by atoms with Gasteiger partial charge in [-0.15, -0.1) is 14.4 Å². The Hall–Kier alpha value is -2.50. The molecule has 0 amide bonds. The summed E-state index contributed by atoms with van der Waals surface area (Å²) in [5.74, 6) is -0.414. The quantitative estimate of drug-likeness (QED) is 0.340. The molecule has 0 bridgehead atoms. The topological polar surface area (TPSA) is 83.6 Å². The van der Waals surface area contributed by atoms with Gasteiger partial charge in [0, 0.05) is 12.1 Å². The molecule has 0 aliphatic heterocycles. The van der Waals surface area contributed by atoms with E-state index >= 15 is 0 Å². The van der Waals surface area contributed by atoms with Gasteiger partial charge >= 0.3 is 0 Å². The fourth-order valence-electron chi connectivity index (χ4n) is 2.83. The second-order valence-corrected chi connectivity index (χ2v) is 11.5. The highest BCUT2D eigenvalue weighted by molar-refractivity contribution is 8.13. The maximum atomic E-state index is 13.4. The van der Waals surface area contributed by atoms with Crippen molar-refractivity contribution in [2.75, 3.05) is 0 Å². The molecule has 0 aliphatic rings. The van der Waals surface area contributed by atoms with Crippen molar-refractivity contribution in [1.29, 1.82) is 0 Å². The zero-order valence-electron chi connectivity index (χ0n) is 16.8. The predicted molar refractivity (Wildman–Crippen MR) is 124 cm³/mol. The Morgan fingerprint density at radius 2 is 1.41 bits per heavy atom. The molecule has 0 aliphatic carbocycles. The first kappa shape index (κ1) is 24.1. The SMILES string of the molecule is C=C[C@H](Cc1ccc(F)cc1)N(SNS(=O)(=O)c1ccccc1)S(=O)(=O)c1ccccc1. The van der Waals surface area contributed by atoms with Gasteiger partial charge in [0.2, 0.25) is 0 Å². The van der Waals surface area contributed by atoms with Crippen molar-refractivity contribution in [3.63, 3.8) is 0 Å². The second kappa shape index (κ2) is 10.4. The van der Waals surface area contributed by atoms with Gasteiger partial charge in [-0.05, 0) is 48.4 Å². The Balaban J connectivity index is 1.95. The molecule has 3 aromatic carbocycles. The van der Waals surface area contributed by atoms with Gasteiger partial charge in [-0.25, -0.2) is 21.2 Å². The third-order valence-electron chi connectivity index (χ3n) is 4.47. The van der Waals surface area contributed by atoms with Crippen LogP contribution in [0.3, 0.4) is 0 Å². The molecule has 0 saturated heterocycles. The van der Waals surface area contributed by atoms with E-state index in [9.17, 15) is 21.2 Å². The lowest BCUT2D eigenvalue weighted by Crippen LogP contribution is -2.38. The van der Waals surface area contributed by atoms with E-state index in [1.807, 2.05) is 0 Å². The predicted octanol–water partition coefficient (Wildman–Crippen LogP) is 4.16. The fourth-order valence-corrected chi connectivity index (χ4v) is 6.86. The van der Waals surface area contributed by atoms with Crippen molar-refractivity contribution in [3.05, 3.63) is 109 Å². The summed E-state index contributed by atoms with van der Waals surface area (Å²) in [7, 11) is -8.12. The smallest absolute Gasteiger partial charge is 0.207 e. The zero-order valence-corrected chi connectivity index (χ0v) is 19.3. The molecule has 1 N–H and O–H groups in total. The molecular formula is C22H21FN2O4S3. The summed E-state index contributed by atoms with van der Waals surface area (Å²) in [5.41, 5.74) is 0.663. The van der Waals surface area contributed by atoms with Gasteiger partial charge in [-0.2, -0.15) is 0 Å². The van der Waals surface area contributed by atoms with Crippen molar-refractivity contribution in [3.8, 4) is 0 Å². The van der Waals surface area contributed by atoms with Crippen LogP contribution in [0.1, 0.15) is 5.56 Å². The molecule has 0 aromatic heterocycles. The molecule has 0 radical (unpaired) electrons. The molecule has 10 heteroatoms. The minimum Gasteiger partial charge on any atom is -0.207 e. The van der Waals surface area contributed by atoms with Gasteiger partial charge in [0.1, 0.15) is 5.82 Å². The fraction of sp³-hybridized carbons (Fsp3) is 0.0909. The lowest BCUT2D eigenvalue weighted by atomic mass is 10.1.